The maximum absolute atomic E-state index is 10.8. The van der Waals surface area contributed by atoms with Crippen LogP contribution in [-0.4, -0.2) is 8.42 Å². The molecule has 0 saturated carbocycles. The van der Waals surface area contributed by atoms with E-state index in [2.05, 4.69) is 0 Å². The number of benzene rings is 1. The van der Waals surface area contributed by atoms with Crippen LogP contribution in [0.1, 0.15) is 16.7 Å². The predicted octanol–water partition coefficient (Wildman–Crippen LogP) is 1.09. The largest absolute Gasteiger partial charge is 0.228 e. The molecule has 4 heteroatoms. The Morgan fingerprint density at radius 2 is 1.85 bits per heavy atom. The lowest BCUT2D eigenvalue weighted by Gasteiger charge is -2.03. The fourth-order valence-electron chi connectivity index (χ4n) is 1.13. The number of sulfonamides is 1. The average Bonchev–Trinajstić information content (AvgIpc) is 1.94. The third-order valence-corrected chi connectivity index (χ3v) is 2.67. The zero-order valence-electron chi connectivity index (χ0n) is 7.74. The topological polar surface area (TPSA) is 60.2 Å². The van der Waals surface area contributed by atoms with Gasteiger partial charge in [-0.3, -0.25) is 0 Å². The zero-order valence-corrected chi connectivity index (χ0v) is 8.56. The molecule has 72 valence electrons. The summed E-state index contributed by atoms with van der Waals surface area (Å²) in [6.07, 6.45) is 0. The van der Waals surface area contributed by atoms with Gasteiger partial charge in [-0.15, -0.1) is 0 Å². The van der Waals surface area contributed by atoms with Gasteiger partial charge in [-0.2, -0.15) is 0 Å². The first kappa shape index (κ1) is 10.2. The third-order valence-electron chi connectivity index (χ3n) is 1.94. The van der Waals surface area contributed by atoms with E-state index in [9.17, 15) is 8.42 Å². The Hall–Kier alpha value is -0.870. The van der Waals surface area contributed by atoms with Gasteiger partial charge < -0.3 is 0 Å². The summed E-state index contributed by atoms with van der Waals surface area (Å²) in [5.41, 5.74) is 2.98. The molecule has 3 nitrogen and oxygen atoms in total. The van der Waals surface area contributed by atoms with Crippen molar-refractivity contribution in [3.05, 3.63) is 34.9 Å². The molecule has 0 bridgehead atoms. The van der Waals surface area contributed by atoms with Gasteiger partial charge in [-0.05, 0) is 30.5 Å². The van der Waals surface area contributed by atoms with Crippen LogP contribution in [0.2, 0.25) is 0 Å². The van der Waals surface area contributed by atoms with Gasteiger partial charge in [0.05, 0.1) is 5.75 Å². The summed E-state index contributed by atoms with van der Waals surface area (Å²) in [6.45, 7) is 3.93. The fourth-order valence-corrected chi connectivity index (χ4v) is 1.77. The normalized spacial score (nSPS) is 11.6. The van der Waals surface area contributed by atoms with Gasteiger partial charge in [-0.25, -0.2) is 13.6 Å². The van der Waals surface area contributed by atoms with Crippen LogP contribution in [0.25, 0.3) is 0 Å². The highest BCUT2D eigenvalue weighted by atomic mass is 32.2. The monoisotopic (exact) mass is 199 g/mol. The Balaban J connectivity index is 2.99. The summed E-state index contributed by atoms with van der Waals surface area (Å²) in [6, 6.07) is 5.53. The molecule has 1 rings (SSSR count). The van der Waals surface area contributed by atoms with Crippen LogP contribution in [0, 0.1) is 13.8 Å². The lowest BCUT2D eigenvalue weighted by Crippen LogP contribution is -2.14. The third kappa shape index (κ3) is 3.16. The van der Waals surface area contributed by atoms with Crippen LogP contribution in [0.4, 0.5) is 0 Å². The highest BCUT2D eigenvalue weighted by molar-refractivity contribution is 7.88. The van der Waals surface area contributed by atoms with Crippen molar-refractivity contribution in [1.82, 2.24) is 0 Å². The second-order valence-electron chi connectivity index (χ2n) is 3.23. The molecule has 0 radical (unpaired) electrons. The van der Waals surface area contributed by atoms with E-state index in [1.54, 1.807) is 6.07 Å². The standard InChI is InChI=1S/C9H13NO2S/c1-7-3-4-9(5-8(7)2)6-13(10,11)12/h3-5H,6H2,1-2H3,(H2,10,11,12). The maximum atomic E-state index is 10.8. The Bertz CT molecular complexity index is 410. The minimum absolute atomic E-state index is 0.0892. The maximum Gasteiger partial charge on any atom is 0.213 e. The summed E-state index contributed by atoms with van der Waals surface area (Å²) in [5.74, 6) is -0.0892. The Morgan fingerprint density at radius 1 is 1.23 bits per heavy atom. The van der Waals surface area contributed by atoms with Crippen molar-refractivity contribution in [2.45, 2.75) is 19.6 Å². The Kier molecular flexibility index (Phi) is 2.73. The van der Waals surface area contributed by atoms with E-state index >= 15 is 0 Å². The molecule has 0 atom stereocenters. The van der Waals surface area contributed by atoms with E-state index in [1.165, 1.54) is 0 Å². The van der Waals surface area contributed by atoms with Crippen LogP contribution >= 0.6 is 0 Å². The van der Waals surface area contributed by atoms with E-state index in [1.807, 2.05) is 26.0 Å². The summed E-state index contributed by atoms with van der Waals surface area (Å²) in [7, 11) is -3.41. The molecule has 0 aliphatic carbocycles. The van der Waals surface area contributed by atoms with Gasteiger partial charge >= 0.3 is 0 Å². The summed E-state index contributed by atoms with van der Waals surface area (Å²) >= 11 is 0. The van der Waals surface area contributed by atoms with Crippen LogP contribution < -0.4 is 5.14 Å². The molecule has 1 aromatic carbocycles. The highest BCUT2D eigenvalue weighted by Gasteiger charge is 2.05. The van der Waals surface area contributed by atoms with Crippen molar-refractivity contribution in [3.63, 3.8) is 0 Å². The molecule has 0 aliphatic rings. The van der Waals surface area contributed by atoms with Gasteiger partial charge in [-0.1, -0.05) is 18.2 Å². The van der Waals surface area contributed by atoms with Gasteiger partial charge in [0, 0.05) is 0 Å². The molecule has 0 fully saturated rings. The minimum Gasteiger partial charge on any atom is -0.228 e. The lowest BCUT2D eigenvalue weighted by atomic mass is 10.1. The molecule has 0 heterocycles. The highest BCUT2D eigenvalue weighted by Crippen LogP contribution is 2.11. The van der Waals surface area contributed by atoms with Crippen LogP contribution in [0.5, 0.6) is 0 Å². The first-order valence-corrected chi connectivity index (χ1v) is 5.66. The second-order valence-corrected chi connectivity index (χ2v) is 4.84. The van der Waals surface area contributed by atoms with E-state index in [0.29, 0.717) is 0 Å². The number of nitrogens with two attached hydrogens (primary N) is 1. The van der Waals surface area contributed by atoms with E-state index in [4.69, 9.17) is 5.14 Å². The summed E-state index contributed by atoms with van der Waals surface area (Å²) in [4.78, 5) is 0. The van der Waals surface area contributed by atoms with Gasteiger partial charge in [0.15, 0.2) is 0 Å². The number of rotatable bonds is 2. The first-order chi connectivity index (χ1) is 5.88. The quantitative estimate of drug-likeness (QED) is 0.775. The average molecular weight is 199 g/mol. The number of hydrogen-bond acceptors (Lipinski definition) is 2. The molecule has 13 heavy (non-hydrogen) atoms. The Labute approximate surface area is 78.6 Å². The smallest absolute Gasteiger partial charge is 0.213 e. The van der Waals surface area contributed by atoms with Crippen LogP contribution in [0.3, 0.4) is 0 Å². The van der Waals surface area contributed by atoms with Crippen molar-refractivity contribution >= 4 is 10.0 Å². The molecular formula is C9H13NO2S. The van der Waals surface area contributed by atoms with Gasteiger partial charge in [0.1, 0.15) is 0 Å². The lowest BCUT2D eigenvalue weighted by molar-refractivity contribution is 0.597. The van der Waals surface area contributed by atoms with Gasteiger partial charge in [0.2, 0.25) is 10.0 Å². The van der Waals surface area contributed by atoms with Crippen molar-refractivity contribution < 1.29 is 8.42 Å². The van der Waals surface area contributed by atoms with Crippen molar-refractivity contribution in [1.29, 1.82) is 0 Å². The summed E-state index contributed by atoms with van der Waals surface area (Å²) in [5, 5.41) is 4.93. The Morgan fingerprint density at radius 3 is 2.31 bits per heavy atom. The molecule has 0 saturated heterocycles. The zero-order chi connectivity index (χ0) is 10.1. The molecule has 1 aromatic rings. The molecule has 0 aromatic heterocycles. The SMILES string of the molecule is Cc1ccc(CS(N)(=O)=O)cc1C. The van der Waals surface area contributed by atoms with Crippen molar-refractivity contribution in [2.24, 2.45) is 5.14 Å². The molecule has 0 spiro atoms. The van der Waals surface area contributed by atoms with Crippen LogP contribution in [-0.2, 0) is 15.8 Å². The fraction of sp³-hybridized carbons (Fsp3) is 0.333. The second kappa shape index (κ2) is 3.47. The van der Waals surface area contributed by atoms with Gasteiger partial charge in [0.25, 0.3) is 0 Å². The van der Waals surface area contributed by atoms with E-state index in [0.717, 1.165) is 16.7 Å². The van der Waals surface area contributed by atoms with E-state index in [-0.39, 0.29) is 5.75 Å². The van der Waals surface area contributed by atoms with Crippen LogP contribution in [0.15, 0.2) is 18.2 Å². The minimum atomic E-state index is -3.41. The van der Waals surface area contributed by atoms with Crippen molar-refractivity contribution in [3.8, 4) is 0 Å². The summed E-state index contributed by atoms with van der Waals surface area (Å²) < 4.78 is 21.5. The van der Waals surface area contributed by atoms with E-state index < -0.39 is 10.0 Å². The molecule has 2 N–H and O–H groups in total. The first-order valence-electron chi connectivity index (χ1n) is 3.95. The number of primary sulfonamides is 1. The van der Waals surface area contributed by atoms with Crippen molar-refractivity contribution in [2.75, 3.05) is 0 Å². The predicted molar refractivity (Wildman–Crippen MR) is 52.7 cm³/mol. The number of aryl methyl sites for hydroxylation is 2. The molecule has 0 amide bonds. The molecule has 0 unspecified atom stereocenters. The number of hydrogen-bond donors (Lipinski definition) is 1. The molecular weight excluding hydrogens is 186 g/mol. The molecule has 0 aliphatic heterocycles.